The van der Waals surface area contributed by atoms with Gasteiger partial charge in [0.05, 0.1) is 29.2 Å². The van der Waals surface area contributed by atoms with E-state index in [2.05, 4.69) is 17.4 Å². The number of hydrogen-bond donors (Lipinski definition) is 1. The predicted molar refractivity (Wildman–Crippen MR) is 169 cm³/mol. The summed E-state index contributed by atoms with van der Waals surface area (Å²) < 4.78 is 7.28. The molecule has 1 unspecified atom stereocenters. The van der Waals surface area contributed by atoms with Gasteiger partial charge in [-0.25, -0.2) is 9.78 Å². The monoisotopic (exact) mass is 560 g/mol. The SMILES string of the molecule is CCOc1ccc(-n2c(C(CC)N(CCc3ccccc3)C(=O)Nc3ccc(C)cc3)nc3ccccc3c2=O)cc1. The fourth-order valence-electron chi connectivity index (χ4n) is 5.15. The van der Waals surface area contributed by atoms with E-state index in [0.29, 0.717) is 54.1 Å². The van der Waals surface area contributed by atoms with Crippen LogP contribution in [0.15, 0.2) is 108 Å². The maximum atomic E-state index is 14.0. The van der Waals surface area contributed by atoms with E-state index in [0.717, 1.165) is 16.9 Å². The van der Waals surface area contributed by atoms with Crippen molar-refractivity contribution in [2.75, 3.05) is 18.5 Å². The van der Waals surface area contributed by atoms with Crippen molar-refractivity contribution in [1.29, 1.82) is 0 Å². The molecule has 7 nitrogen and oxygen atoms in total. The maximum Gasteiger partial charge on any atom is 0.322 e. The minimum Gasteiger partial charge on any atom is -0.494 e. The Balaban J connectivity index is 1.62. The number of ether oxygens (including phenoxy) is 1. The number of para-hydroxylation sites is 1. The molecule has 1 atom stereocenters. The van der Waals surface area contributed by atoms with E-state index in [1.807, 2.05) is 106 Å². The fraction of sp³-hybridized carbons (Fsp3) is 0.229. The first kappa shape index (κ1) is 28.6. The van der Waals surface area contributed by atoms with Crippen LogP contribution in [0.1, 0.15) is 43.3 Å². The van der Waals surface area contributed by atoms with E-state index in [9.17, 15) is 9.59 Å². The Bertz CT molecular complexity index is 1700. The summed E-state index contributed by atoms with van der Waals surface area (Å²) in [6, 6.07) is 31.9. The highest BCUT2D eigenvalue weighted by Gasteiger charge is 2.29. The second-order valence-electron chi connectivity index (χ2n) is 10.2. The molecule has 5 aromatic rings. The maximum absolute atomic E-state index is 14.0. The van der Waals surface area contributed by atoms with Gasteiger partial charge in [0.15, 0.2) is 0 Å². The molecular formula is C35H36N4O3. The van der Waals surface area contributed by atoms with Gasteiger partial charge in [0, 0.05) is 12.2 Å². The number of hydrogen-bond acceptors (Lipinski definition) is 4. The minimum atomic E-state index is -0.483. The number of rotatable bonds is 10. The third kappa shape index (κ3) is 6.36. The summed E-state index contributed by atoms with van der Waals surface area (Å²) >= 11 is 0. The number of aromatic nitrogens is 2. The Labute approximate surface area is 246 Å². The number of benzene rings is 4. The van der Waals surface area contributed by atoms with E-state index in [-0.39, 0.29) is 11.6 Å². The van der Waals surface area contributed by atoms with Gasteiger partial charge >= 0.3 is 6.03 Å². The molecule has 0 bridgehead atoms. The summed E-state index contributed by atoms with van der Waals surface area (Å²) in [7, 11) is 0. The predicted octanol–water partition coefficient (Wildman–Crippen LogP) is 7.32. The van der Waals surface area contributed by atoms with Crippen molar-refractivity contribution >= 4 is 22.6 Å². The molecule has 214 valence electrons. The third-order valence-electron chi connectivity index (χ3n) is 7.32. The number of anilines is 1. The molecule has 42 heavy (non-hydrogen) atoms. The van der Waals surface area contributed by atoms with Gasteiger partial charge in [-0.1, -0.05) is 67.1 Å². The third-order valence-corrected chi connectivity index (χ3v) is 7.32. The molecule has 0 radical (unpaired) electrons. The van der Waals surface area contributed by atoms with E-state index in [4.69, 9.17) is 9.72 Å². The number of nitrogens with one attached hydrogen (secondary N) is 1. The van der Waals surface area contributed by atoms with Gasteiger partial charge in [-0.15, -0.1) is 0 Å². The van der Waals surface area contributed by atoms with Gasteiger partial charge in [0.25, 0.3) is 5.56 Å². The lowest BCUT2D eigenvalue weighted by Crippen LogP contribution is -2.42. The highest BCUT2D eigenvalue weighted by atomic mass is 16.5. The first-order valence-electron chi connectivity index (χ1n) is 14.4. The van der Waals surface area contributed by atoms with Crippen LogP contribution in [0.2, 0.25) is 0 Å². The zero-order chi connectivity index (χ0) is 29.5. The molecule has 0 fully saturated rings. The first-order chi connectivity index (χ1) is 20.5. The first-order valence-corrected chi connectivity index (χ1v) is 14.4. The van der Waals surface area contributed by atoms with E-state index in [1.165, 1.54) is 0 Å². The highest BCUT2D eigenvalue weighted by Crippen LogP contribution is 2.28. The van der Waals surface area contributed by atoms with Crippen molar-refractivity contribution in [2.45, 2.75) is 39.7 Å². The lowest BCUT2D eigenvalue weighted by atomic mass is 10.1. The van der Waals surface area contributed by atoms with Crippen molar-refractivity contribution in [1.82, 2.24) is 14.5 Å². The smallest absolute Gasteiger partial charge is 0.322 e. The molecule has 5 rings (SSSR count). The van der Waals surface area contributed by atoms with E-state index >= 15 is 0 Å². The molecule has 0 saturated heterocycles. The van der Waals surface area contributed by atoms with E-state index in [1.54, 1.807) is 15.5 Å². The van der Waals surface area contributed by atoms with Crippen LogP contribution >= 0.6 is 0 Å². The molecule has 0 aliphatic rings. The normalized spacial score (nSPS) is 11.7. The van der Waals surface area contributed by atoms with Gasteiger partial charge in [0.1, 0.15) is 11.6 Å². The molecule has 0 saturated carbocycles. The lowest BCUT2D eigenvalue weighted by molar-refractivity contribution is 0.182. The Hall–Kier alpha value is -4.91. The van der Waals surface area contributed by atoms with E-state index < -0.39 is 6.04 Å². The Kier molecular flexibility index (Phi) is 8.97. The second kappa shape index (κ2) is 13.2. The molecule has 2 amide bonds. The summed E-state index contributed by atoms with van der Waals surface area (Å²) in [5.41, 5.74) is 4.02. The van der Waals surface area contributed by atoms with Crippen LogP contribution in [-0.4, -0.2) is 33.6 Å². The summed E-state index contributed by atoms with van der Waals surface area (Å²) in [6.07, 6.45) is 1.21. The molecule has 4 aromatic carbocycles. The zero-order valence-corrected chi connectivity index (χ0v) is 24.3. The number of nitrogens with zero attached hydrogens (tertiary/aromatic N) is 3. The lowest BCUT2D eigenvalue weighted by Gasteiger charge is -2.32. The van der Waals surface area contributed by atoms with Crippen molar-refractivity contribution in [3.8, 4) is 11.4 Å². The van der Waals surface area contributed by atoms with Crippen LogP contribution in [0.3, 0.4) is 0 Å². The van der Waals surface area contributed by atoms with Crippen molar-refractivity contribution < 1.29 is 9.53 Å². The van der Waals surface area contributed by atoms with Crippen LogP contribution in [0.25, 0.3) is 16.6 Å². The van der Waals surface area contributed by atoms with Crippen LogP contribution in [0.5, 0.6) is 5.75 Å². The Morgan fingerprint density at radius 1 is 0.905 bits per heavy atom. The molecule has 0 spiro atoms. The number of carbonyl (C=O) groups excluding carboxylic acids is 1. The average Bonchev–Trinajstić information content (AvgIpc) is 3.01. The van der Waals surface area contributed by atoms with Crippen LogP contribution in [0, 0.1) is 6.92 Å². The van der Waals surface area contributed by atoms with Crippen LogP contribution < -0.4 is 15.6 Å². The number of aryl methyl sites for hydroxylation is 1. The summed E-state index contributed by atoms with van der Waals surface area (Å²) in [5, 5.41) is 3.60. The van der Waals surface area contributed by atoms with Gasteiger partial charge in [-0.2, -0.15) is 0 Å². The van der Waals surface area contributed by atoms with Crippen molar-refractivity contribution in [3.05, 3.63) is 130 Å². The zero-order valence-electron chi connectivity index (χ0n) is 24.3. The van der Waals surface area contributed by atoms with Gasteiger partial charge in [-0.05, 0) is 80.8 Å². The number of carbonyl (C=O) groups is 1. The highest BCUT2D eigenvalue weighted by molar-refractivity contribution is 5.89. The van der Waals surface area contributed by atoms with Gasteiger partial charge in [-0.3, -0.25) is 9.36 Å². The Morgan fingerprint density at radius 3 is 2.29 bits per heavy atom. The van der Waals surface area contributed by atoms with Crippen LogP contribution in [0.4, 0.5) is 10.5 Å². The van der Waals surface area contributed by atoms with Gasteiger partial charge < -0.3 is 15.0 Å². The molecule has 1 heterocycles. The number of amides is 2. The quantitative estimate of drug-likeness (QED) is 0.194. The average molecular weight is 561 g/mol. The van der Waals surface area contributed by atoms with Crippen molar-refractivity contribution in [2.24, 2.45) is 0 Å². The molecule has 1 aromatic heterocycles. The summed E-state index contributed by atoms with van der Waals surface area (Å²) in [6.45, 7) is 6.94. The topological polar surface area (TPSA) is 76.5 Å². The molecule has 0 aliphatic carbocycles. The molecule has 7 heteroatoms. The van der Waals surface area contributed by atoms with Crippen LogP contribution in [-0.2, 0) is 6.42 Å². The molecule has 0 aliphatic heterocycles. The van der Waals surface area contributed by atoms with Gasteiger partial charge in [0.2, 0.25) is 0 Å². The number of urea groups is 1. The van der Waals surface area contributed by atoms with Crippen molar-refractivity contribution in [3.63, 3.8) is 0 Å². The largest absolute Gasteiger partial charge is 0.494 e. The Morgan fingerprint density at radius 2 is 1.60 bits per heavy atom. The summed E-state index contributed by atoms with van der Waals surface area (Å²) in [4.78, 5) is 34.9. The summed E-state index contributed by atoms with van der Waals surface area (Å²) in [5.74, 6) is 1.23. The minimum absolute atomic E-state index is 0.180. The number of fused-ring (bicyclic) bond motifs is 1. The second-order valence-corrected chi connectivity index (χ2v) is 10.2. The molecule has 1 N–H and O–H groups in total. The molecular weight excluding hydrogens is 524 g/mol. The standard InChI is InChI=1S/C35H36N4O3/c1-4-32(38(24-23-26-11-7-6-8-12-26)35(41)36-27-17-15-25(3)16-18-27)33-37-31-14-10-9-13-30(31)34(40)39(33)28-19-21-29(22-20-28)42-5-2/h6-22,32H,4-5,23-24H2,1-3H3,(H,36,41). The fourth-order valence-corrected chi connectivity index (χ4v) is 5.15.